The van der Waals surface area contributed by atoms with E-state index in [0.29, 0.717) is 19.6 Å². The maximum atomic E-state index is 12.6. The molecule has 3 amide bonds. The number of β-lactam (4-membered cyclic amide) rings is 1. The zero-order chi connectivity index (χ0) is 18.9. The number of piperidine rings is 1. The molecule has 0 aliphatic carbocycles. The van der Waals surface area contributed by atoms with Gasteiger partial charge < -0.3 is 15.1 Å². The highest BCUT2D eigenvalue weighted by atomic mass is 16.2. The molecule has 2 heterocycles. The van der Waals surface area contributed by atoms with Crippen molar-refractivity contribution >= 4 is 23.4 Å². The van der Waals surface area contributed by atoms with Gasteiger partial charge in [0, 0.05) is 24.2 Å². The Labute approximate surface area is 154 Å². The summed E-state index contributed by atoms with van der Waals surface area (Å²) in [7, 11) is 0. The lowest BCUT2D eigenvalue weighted by Gasteiger charge is -2.40. The molecule has 26 heavy (non-hydrogen) atoms. The molecular weight excluding hydrogens is 330 g/mol. The molecule has 0 bridgehead atoms. The van der Waals surface area contributed by atoms with Crippen molar-refractivity contribution in [3.8, 4) is 0 Å². The van der Waals surface area contributed by atoms with Crippen LogP contribution in [0.1, 0.15) is 33.6 Å². The minimum absolute atomic E-state index is 0.0740. The van der Waals surface area contributed by atoms with Gasteiger partial charge in [-0.25, -0.2) is 0 Å². The summed E-state index contributed by atoms with van der Waals surface area (Å²) in [5.74, 6) is -0.371. The van der Waals surface area contributed by atoms with Gasteiger partial charge in [-0.05, 0) is 25.0 Å². The van der Waals surface area contributed by atoms with E-state index in [1.807, 2.05) is 51.1 Å². The number of para-hydroxylation sites is 1. The fourth-order valence-corrected chi connectivity index (χ4v) is 3.51. The SMILES string of the molecule is CC(C)(C)C(=O)N1CCC[C@@H](C(=O)N[C@@H]2CN(c3ccccc3)C2=O)C1. The van der Waals surface area contributed by atoms with Crippen molar-refractivity contribution in [2.75, 3.05) is 24.5 Å². The Balaban J connectivity index is 1.54. The van der Waals surface area contributed by atoms with Gasteiger partial charge in [0.1, 0.15) is 6.04 Å². The molecule has 6 nitrogen and oxygen atoms in total. The third-order valence-electron chi connectivity index (χ3n) is 5.03. The maximum absolute atomic E-state index is 12.6. The van der Waals surface area contributed by atoms with Crippen LogP contribution in [-0.4, -0.2) is 48.3 Å². The average Bonchev–Trinajstić information content (AvgIpc) is 2.63. The summed E-state index contributed by atoms with van der Waals surface area (Å²) in [6.45, 7) is 7.31. The number of carbonyl (C=O) groups is 3. The van der Waals surface area contributed by atoms with Crippen molar-refractivity contribution < 1.29 is 14.4 Å². The van der Waals surface area contributed by atoms with E-state index >= 15 is 0 Å². The van der Waals surface area contributed by atoms with Crippen molar-refractivity contribution in [1.29, 1.82) is 0 Å². The molecular formula is C20H27N3O3. The van der Waals surface area contributed by atoms with E-state index in [2.05, 4.69) is 5.32 Å². The summed E-state index contributed by atoms with van der Waals surface area (Å²) in [4.78, 5) is 40.8. The number of nitrogens with zero attached hydrogens (tertiary/aromatic N) is 2. The molecule has 1 aromatic rings. The summed E-state index contributed by atoms with van der Waals surface area (Å²) >= 11 is 0. The van der Waals surface area contributed by atoms with Crippen molar-refractivity contribution in [1.82, 2.24) is 10.2 Å². The average molecular weight is 357 g/mol. The van der Waals surface area contributed by atoms with Crippen LogP contribution < -0.4 is 10.2 Å². The second kappa shape index (κ2) is 7.09. The molecule has 0 aromatic heterocycles. The molecule has 2 saturated heterocycles. The van der Waals surface area contributed by atoms with Crippen LogP contribution in [0.4, 0.5) is 5.69 Å². The van der Waals surface area contributed by atoms with E-state index in [9.17, 15) is 14.4 Å². The standard InChI is InChI=1S/C20H27N3O3/c1-20(2,3)19(26)22-11-7-8-14(12-22)17(24)21-16-13-23(18(16)25)15-9-5-4-6-10-15/h4-6,9-10,14,16H,7-8,11-13H2,1-3H3,(H,21,24)/t14-,16-/m1/s1. The minimum Gasteiger partial charge on any atom is -0.342 e. The van der Waals surface area contributed by atoms with Crippen molar-refractivity contribution in [2.45, 2.75) is 39.7 Å². The molecule has 0 radical (unpaired) electrons. The van der Waals surface area contributed by atoms with Crippen LogP contribution in [0.15, 0.2) is 30.3 Å². The smallest absolute Gasteiger partial charge is 0.251 e. The Kier molecular flexibility index (Phi) is 5.03. The van der Waals surface area contributed by atoms with E-state index in [1.54, 1.807) is 9.80 Å². The summed E-state index contributed by atoms with van der Waals surface area (Å²) in [5, 5.41) is 2.87. The van der Waals surface area contributed by atoms with Gasteiger partial charge in [0.15, 0.2) is 0 Å². The van der Waals surface area contributed by atoms with E-state index in [4.69, 9.17) is 0 Å². The zero-order valence-corrected chi connectivity index (χ0v) is 15.7. The van der Waals surface area contributed by atoms with Crippen molar-refractivity contribution in [3.63, 3.8) is 0 Å². The van der Waals surface area contributed by atoms with Crippen LogP contribution in [0.5, 0.6) is 0 Å². The van der Waals surface area contributed by atoms with Crippen molar-refractivity contribution in [2.24, 2.45) is 11.3 Å². The number of benzene rings is 1. The number of hydrogen-bond donors (Lipinski definition) is 1. The Hall–Kier alpha value is -2.37. The van der Waals surface area contributed by atoms with Crippen LogP contribution in [0.25, 0.3) is 0 Å². The molecule has 0 saturated carbocycles. The third-order valence-corrected chi connectivity index (χ3v) is 5.03. The number of anilines is 1. The first-order valence-corrected chi connectivity index (χ1v) is 9.23. The van der Waals surface area contributed by atoms with Gasteiger partial charge in [-0.3, -0.25) is 14.4 Å². The highest BCUT2D eigenvalue weighted by molar-refractivity contribution is 6.05. The van der Waals surface area contributed by atoms with E-state index in [1.165, 1.54) is 0 Å². The highest BCUT2D eigenvalue weighted by Gasteiger charge is 2.40. The summed E-state index contributed by atoms with van der Waals surface area (Å²) in [5.41, 5.74) is 0.404. The largest absolute Gasteiger partial charge is 0.342 e. The lowest BCUT2D eigenvalue weighted by Crippen LogP contribution is -2.65. The van der Waals surface area contributed by atoms with Gasteiger partial charge >= 0.3 is 0 Å². The molecule has 140 valence electrons. The minimum atomic E-state index is -0.462. The molecule has 3 rings (SSSR count). The van der Waals surface area contributed by atoms with Gasteiger partial charge in [-0.15, -0.1) is 0 Å². The van der Waals surface area contributed by atoms with Gasteiger partial charge in [0.05, 0.1) is 12.5 Å². The number of likely N-dealkylation sites (tertiary alicyclic amines) is 1. The van der Waals surface area contributed by atoms with Gasteiger partial charge in [0.25, 0.3) is 5.91 Å². The summed E-state index contributed by atoms with van der Waals surface area (Å²) in [6.07, 6.45) is 1.57. The zero-order valence-electron chi connectivity index (χ0n) is 15.7. The molecule has 2 fully saturated rings. The predicted octanol–water partition coefficient (Wildman–Crippen LogP) is 1.80. The Morgan fingerprint density at radius 3 is 2.42 bits per heavy atom. The normalized spacial score (nSPS) is 23.4. The van der Waals surface area contributed by atoms with Crippen LogP contribution in [0.3, 0.4) is 0 Å². The lowest BCUT2D eigenvalue weighted by molar-refractivity contribution is -0.143. The second-order valence-electron chi connectivity index (χ2n) is 8.19. The molecule has 2 aliphatic rings. The topological polar surface area (TPSA) is 69.7 Å². The fraction of sp³-hybridized carbons (Fsp3) is 0.550. The van der Waals surface area contributed by atoms with Crippen molar-refractivity contribution in [3.05, 3.63) is 30.3 Å². The highest BCUT2D eigenvalue weighted by Crippen LogP contribution is 2.25. The number of amides is 3. The molecule has 6 heteroatoms. The Morgan fingerprint density at radius 1 is 1.12 bits per heavy atom. The van der Waals surface area contributed by atoms with Crippen LogP contribution in [0, 0.1) is 11.3 Å². The molecule has 2 aliphatic heterocycles. The Morgan fingerprint density at radius 2 is 1.81 bits per heavy atom. The monoisotopic (exact) mass is 357 g/mol. The second-order valence-corrected chi connectivity index (χ2v) is 8.19. The maximum Gasteiger partial charge on any atom is 0.251 e. The summed E-state index contributed by atoms with van der Waals surface area (Å²) < 4.78 is 0. The lowest BCUT2D eigenvalue weighted by atomic mass is 9.90. The van der Waals surface area contributed by atoms with E-state index in [0.717, 1.165) is 18.5 Å². The van der Waals surface area contributed by atoms with E-state index < -0.39 is 11.5 Å². The number of carbonyl (C=O) groups excluding carboxylic acids is 3. The Bertz CT molecular complexity index is 696. The first-order valence-electron chi connectivity index (χ1n) is 9.23. The first-order chi connectivity index (χ1) is 12.3. The molecule has 2 atom stereocenters. The number of hydrogen-bond acceptors (Lipinski definition) is 3. The fourth-order valence-electron chi connectivity index (χ4n) is 3.51. The van der Waals surface area contributed by atoms with E-state index in [-0.39, 0.29) is 23.6 Å². The first kappa shape index (κ1) is 18.4. The van der Waals surface area contributed by atoms with Gasteiger partial charge in [0.2, 0.25) is 11.8 Å². The van der Waals surface area contributed by atoms with Crippen LogP contribution >= 0.6 is 0 Å². The van der Waals surface area contributed by atoms with Gasteiger partial charge in [-0.1, -0.05) is 39.0 Å². The molecule has 0 spiro atoms. The third kappa shape index (κ3) is 3.74. The molecule has 1 N–H and O–H groups in total. The predicted molar refractivity (Wildman–Crippen MR) is 99.5 cm³/mol. The molecule has 1 aromatic carbocycles. The number of rotatable bonds is 3. The number of nitrogens with one attached hydrogen (secondary N) is 1. The summed E-state index contributed by atoms with van der Waals surface area (Å²) in [6, 6.07) is 8.98. The quantitative estimate of drug-likeness (QED) is 0.839. The van der Waals surface area contributed by atoms with Crippen LogP contribution in [-0.2, 0) is 14.4 Å². The van der Waals surface area contributed by atoms with Gasteiger partial charge in [-0.2, -0.15) is 0 Å². The van der Waals surface area contributed by atoms with Crippen LogP contribution in [0.2, 0.25) is 0 Å². The molecule has 0 unspecified atom stereocenters.